The molecule has 0 radical (unpaired) electrons. The molecule has 6 aliphatic heterocycles. The van der Waals surface area contributed by atoms with E-state index in [9.17, 15) is 14.4 Å². The molecule has 7 fully saturated rings. The highest BCUT2D eigenvalue weighted by atomic mass is 32.1. The van der Waals surface area contributed by atoms with Crippen molar-refractivity contribution >= 4 is 45.2 Å². The van der Waals surface area contributed by atoms with E-state index >= 15 is 0 Å². The number of carbonyl (C=O) groups excluding carboxylic acids is 3. The van der Waals surface area contributed by atoms with Crippen LogP contribution < -0.4 is 14.8 Å². The molecule has 12 nitrogen and oxygen atoms in total. The molecule has 54 heavy (non-hydrogen) atoms. The number of nitrogens with one attached hydrogen (secondary N) is 1. The van der Waals surface area contributed by atoms with Gasteiger partial charge in [0, 0.05) is 62.6 Å². The minimum atomic E-state index is -0.792. The zero-order valence-electron chi connectivity index (χ0n) is 32.6. The van der Waals surface area contributed by atoms with Gasteiger partial charge in [0.15, 0.2) is 10.5 Å². The van der Waals surface area contributed by atoms with E-state index in [1.54, 1.807) is 17.7 Å². The molecule has 1 saturated carbocycles. The molecule has 6 atom stereocenters. The topological polar surface area (TPSA) is 121 Å². The van der Waals surface area contributed by atoms with Crippen molar-refractivity contribution in [2.45, 2.75) is 97.8 Å². The molecule has 3 spiro atoms. The van der Waals surface area contributed by atoms with E-state index < -0.39 is 23.5 Å². The molecule has 10 rings (SSSR count). The largest absolute Gasteiger partial charge is 0.381 e. The number of aryl methyl sites for hydroxylation is 1. The molecule has 2 aromatic heterocycles. The van der Waals surface area contributed by atoms with Crippen LogP contribution in [0.3, 0.4) is 0 Å². The van der Waals surface area contributed by atoms with E-state index in [1.165, 1.54) is 0 Å². The quantitative estimate of drug-likeness (QED) is 0.333. The average molecular weight is 761 g/mol. The summed E-state index contributed by atoms with van der Waals surface area (Å²) < 4.78 is 16.0. The van der Waals surface area contributed by atoms with Gasteiger partial charge >= 0.3 is 5.65 Å². The molecule has 2 aromatic rings. The van der Waals surface area contributed by atoms with E-state index in [0.717, 1.165) is 87.3 Å². The molecule has 8 aliphatic rings. The Morgan fingerprint density at radius 2 is 1.83 bits per heavy atom. The van der Waals surface area contributed by atoms with E-state index in [-0.39, 0.29) is 39.9 Å². The van der Waals surface area contributed by atoms with Gasteiger partial charge in [0.2, 0.25) is 24.0 Å². The highest BCUT2D eigenvalue weighted by Gasteiger charge is 2.62. The summed E-state index contributed by atoms with van der Waals surface area (Å²) in [5.74, 6) is 0.864. The van der Waals surface area contributed by atoms with Gasteiger partial charge in [-0.05, 0) is 73.6 Å². The second-order valence-electron chi connectivity index (χ2n) is 18.9. The van der Waals surface area contributed by atoms with Crippen molar-refractivity contribution in [2.24, 2.45) is 39.4 Å². The summed E-state index contributed by atoms with van der Waals surface area (Å²) in [4.78, 5) is 58.5. The first kappa shape index (κ1) is 36.5. The third-order valence-electron chi connectivity index (χ3n) is 14.7. The van der Waals surface area contributed by atoms with Crippen LogP contribution in [0.2, 0.25) is 0 Å². The summed E-state index contributed by atoms with van der Waals surface area (Å²) in [7, 11) is 0. The van der Waals surface area contributed by atoms with Gasteiger partial charge < -0.3 is 29.5 Å². The molecular weight excluding hydrogens is 703 g/mol. The van der Waals surface area contributed by atoms with Crippen LogP contribution in [0.5, 0.6) is 0 Å². The van der Waals surface area contributed by atoms with Crippen LogP contribution >= 0.6 is 11.3 Å². The third-order valence-corrected chi connectivity index (χ3v) is 15.6. The van der Waals surface area contributed by atoms with Gasteiger partial charge in [0.1, 0.15) is 11.6 Å². The highest BCUT2D eigenvalue weighted by molar-refractivity contribution is 7.16. The Labute approximate surface area is 323 Å². The molecular formula is C41H58N7O5S+. The van der Waals surface area contributed by atoms with Gasteiger partial charge in [-0.15, -0.1) is 0 Å². The third kappa shape index (κ3) is 6.15. The standard InChI is InChI=1S/C41H57N7O5S/c1-5-6-13-45-26-54-32-33(45)42-25-43-34(32)46-17-30(41(21-46)22-47(23-41)36(50)29-16-38(29,3)4)35(49)44-31-27(2)53-24-39(10-8-7-9-11-39)15-28-18-52-14-12-40(28)19-48(20-40)37(31)51/h7-8,25-31H,5-6,9-24H2,1-4H3/p+1/t27-,28?,29-,30+,31+,39?/m1/s1. The number of hydrogen-bond donors (Lipinski definition) is 1. The van der Waals surface area contributed by atoms with Crippen molar-refractivity contribution in [3.63, 3.8) is 0 Å². The van der Waals surface area contributed by atoms with Gasteiger partial charge in [0.05, 0.1) is 31.8 Å². The van der Waals surface area contributed by atoms with Crippen LogP contribution in [0.1, 0.15) is 79.1 Å². The molecule has 13 heteroatoms. The first-order valence-electron chi connectivity index (χ1n) is 20.5. The van der Waals surface area contributed by atoms with Crippen LogP contribution in [0.25, 0.3) is 10.3 Å². The first-order chi connectivity index (χ1) is 26.0. The maximum atomic E-state index is 14.8. The van der Waals surface area contributed by atoms with E-state index in [2.05, 4.69) is 58.2 Å². The Balaban J connectivity index is 0.990. The number of nitrogens with zero attached hydrogens (tertiary/aromatic N) is 6. The van der Waals surface area contributed by atoms with Crippen LogP contribution in [0.15, 0.2) is 24.0 Å². The lowest BCUT2D eigenvalue weighted by molar-refractivity contribution is -0.669. The molecule has 2 bridgehead atoms. The number of likely N-dealkylation sites (tertiary alicyclic amines) is 1. The first-order valence-corrected chi connectivity index (χ1v) is 21.4. The number of aromatic nitrogens is 3. The summed E-state index contributed by atoms with van der Waals surface area (Å²) in [5.41, 5.74) is 2.70. The fourth-order valence-electron chi connectivity index (χ4n) is 10.9. The molecule has 2 unspecified atom stereocenters. The number of thiazole rings is 1. The number of ether oxygens (including phenoxy) is 2. The minimum Gasteiger partial charge on any atom is -0.381 e. The Morgan fingerprint density at radius 3 is 2.57 bits per heavy atom. The summed E-state index contributed by atoms with van der Waals surface area (Å²) in [6.45, 7) is 14.9. The fourth-order valence-corrected chi connectivity index (χ4v) is 11.9. The minimum absolute atomic E-state index is 0.00281. The zero-order chi connectivity index (χ0) is 37.5. The highest BCUT2D eigenvalue weighted by Crippen LogP contribution is 2.55. The van der Waals surface area contributed by atoms with Gasteiger partial charge in [0.25, 0.3) is 0 Å². The monoisotopic (exact) mass is 760 g/mol. The number of anilines is 1. The number of fused-ring (bicyclic) bond motifs is 5. The lowest BCUT2D eigenvalue weighted by atomic mass is 9.60. The Hall–Kier alpha value is -3.16. The van der Waals surface area contributed by atoms with Crippen molar-refractivity contribution < 1.29 is 28.4 Å². The van der Waals surface area contributed by atoms with Crippen LogP contribution in [-0.2, 0) is 30.4 Å². The predicted octanol–water partition coefficient (Wildman–Crippen LogP) is 3.98. The molecule has 1 N–H and O–H groups in total. The SMILES string of the molecule is CCCC[n+]1csc2c(N3C[C@@H](C(=O)N[C@@H]4C(=O)N5CC6(CCOCC6CC6(CC=CCC6)CO[C@@H]4C)C5)C4(CN(C(=O)[C@H]5CC5(C)C)C4)C3)ncnc21. The lowest BCUT2D eigenvalue weighted by Crippen LogP contribution is -2.68. The van der Waals surface area contributed by atoms with E-state index in [4.69, 9.17) is 14.5 Å². The molecule has 2 aliphatic carbocycles. The van der Waals surface area contributed by atoms with Gasteiger partial charge in [-0.1, -0.05) is 50.7 Å². The number of carbonyl (C=O) groups is 3. The second kappa shape index (κ2) is 13.5. The number of amides is 3. The molecule has 0 aromatic carbocycles. The second-order valence-corrected chi connectivity index (χ2v) is 19.7. The van der Waals surface area contributed by atoms with Crippen LogP contribution in [-0.4, -0.2) is 109 Å². The maximum absolute atomic E-state index is 14.8. The number of rotatable bonds is 7. The van der Waals surface area contributed by atoms with E-state index in [1.807, 2.05) is 16.7 Å². The lowest BCUT2D eigenvalue weighted by Gasteiger charge is -2.58. The Bertz CT molecular complexity index is 1830. The van der Waals surface area contributed by atoms with Gasteiger partial charge in [-0.25, -0.2) is 4.57 Å². The van der Waals surface area contributed by atoms with Crippen molar-refractivity contribution in [2.75, 3.05) is 64.0 Å². The number of hydrogen-bond acceptors (Lipinski definition) is 9. The molecule has 292 valence electrons. The van der Waals surface area contributed by atoms with Crippen molar-refractivity contribution in [3.8, 4) is 0 Å². The summed E-state index contributed by atoms with van der Waals surface area (Å²) >= 11 is 1.64. The van der Waals surface area contributed by atoms with Crippen LogP contribution in [0, 0.1) is 39.4 Å². The normalized spacial score (nSPS) is 35.4. The Morgan fingerprint density at radius 1 is 1.04 bits per heavy atom. The number of unbranched alkanes of at least 4 members (excludes halogenated alkanes) is 1. The van der Waals surface area contributed by atoms with Crippen molar-refractivity contribution in [3.05, 3.63) is 24.0 Å². The summed E-state index contributed by atoms with van der Waals surface area (Å²) in [6, 6.07) is -0.792. The fraction of sp³-hybridized carbons (Fsp3) is 0.756. The maximum Gasteiger partial charge on any atom is 0.346 e. The summed E-state index contributed by atoms with van der Waals surface area (Å²) in [5, 5.41) is 3.31. The molecule has 8 heterocycles. The Kier molecular flexibility index (Phi) is 9.12. The van der Waals surface area contributed by atoms with Gasteiger partial charge in [-0.2, -0.15) is 4.98 Å². The molecule has 6 saturated heterocycles. The predicted molar refractivity (Wildman–Crippen MR) is 204 cm³/mol. The smallest absolute Gasteiger partial charge is 0.346 e. The van der Waals surface area contributed by atoms with Crippen molar-refractivity contribution in [1.29, 1.82) is 0 Å². The molecule has 3 amide bonds. The van der Waals surface area contributed by atoms with Gasteiger partial charge in [-0.3, -0.25) is 14.4 Å². The number of allylic oxidation sites excluding steroid dienone is 2. The average Bonchev–Trinajstić information content (AvgIpc) is 3.42. The van der Waals surface area contributed by atoms with Crippen LogP contribution in [0.4, 0.5) is 5.82 Å². The summed E-state index contributed by atoms with van der Waals surface area (Å²) in [6.07, 6.45) is 13.9. The zero-order valence-corrected chi connectivity index (χ0v) is 33.4. The van der Waals surface area contributed by atoms with E-state index in [0.29, 0.717) is 51.8 Å². The van der Waals surface area contributed by atoms with Crippen molar-refractivity contribution in [1.82, 2.24) is 25.1 Å².